The summed E-state index contributed by atoms with van der Waals surface area (Å²) < 4.78 is 11.8. The SMILES string of the molecule is CCOc1ccc(C(=O)NCc2ccc(C)cc2)cc1COc1ccc2ccccc2c1. The molecule has 1 amide bonds. The van der Waals surface area contributed by atoms with E-state index in [0.717, 1.165) is 28.0 Å². The van der Waals surface area contributed by atoms with E-state index in [1.54, 1.807) is 6.07 Å². The molecule has 4 rings (SSSR count). The molecule has 4 heteroatoms. The standard InChI is InChI=1S/C28H27NO3/c1-3-31-27-15-13-24(28(30)29-18-21-10-8-20(2)9-11-21)16-25(27)19-32-26-14-12-22-6-4-5-7-23(22)17-26/h4-17H,3,18-19H2,1-2H3,(H,29,30). The van der Waals surface area contributed by atoms with Crippen LogP contribution >= 0.6 is 0 Å². The Balaban J connectivity index is 1.47. The van der Waals surface area contributed by atoms with E-state index in [1.807, 2.05) is 80.6 Å². The Morgan fingerprint density at radius 3 is 2.41 bits per heavy atom. The van der Waals surface area contributed by atoms with E-state index in [1.165, 1.54) is 10.9 Å². The third kappa shape index (κ3) is 5.27. The van der Waals surface area contributed by atoms with Gasteiger partial charge in [-0.3, -0.25) is 4.79 Å². The topological polar surface area (TPSA) is 47.6 Å². The van der Waals surface area contributed by atoms with Crippen LogP contribution < -0.4 is 14.8 Å². The molecule has 4 nitrogen and oxygen atoms in total. The molecule has 4 aromatic carbocycles. The first-order valence-corrected chi connectivity index (χ1v) is 10.8. The second kappa shape index (κ2) is 10.0. The Morgan fingerprint density at radius 2 is 1.62 bits per heavy atom. The predicted molar refractivity (Wildman–Crippen MR) is 128 cm³/mol. The maximum absolute atomic E-state index is 12.7. The molecule has 0 aromatic heterocycles. The number of aryl methyl sites for hydroxylation is 1. The fourth-order valence-corrected chi connectivity index (χ4v) is 3.54. The zero-order valence-electron chi connectivity index (χ0n) is 18.4. The fourth-order valence-electron chi connectivity index (χ4n) is 3.54. The summed E-state index contributed by atoms with van der Waals surface area (Å²) in [5.41, 5.74) is 3.68. The molecule has 0 aliphatic rings. The first-order chi connectivity index (χ1) is 15.6. The van der Waals surface area contributed by atoms with Gasteiger partial charge in [-0.15, -0.1) is 0 Å². The number of ether oxygens (including phenoxy) is 2. The van der Waals surface area contributed by atoms with Gasteiger partial charge in [0.1, 0.15) is 18.1 Å². The van der Waals surface area contributed by atoms with Crippen molar-refractivity contribution >= 4 is 16.7 Å². The second-order valence-electron chi connectivity index (χ2n) is 7.72. The Bertz CT molecular complexity index is 1220. The number of amides is 1. The van der Waals surface area contributed by atoms with Crippen LogP contribution in [-0.4, -0.2) is 12.5 Å². The lowest BCUT2D eigenvalue weighted by atomic mass is 10.1. The first-order valence-electron chi connectivity index (χ1n) is 10.8. The van der Waals surface area contributed by atoms with Gasteiger partial charge in [0.25, 0.3) is 5.91 Å². The Hall–Kier alpha value is -3.79. The molecule has 0 aliphatic carbocycles. The van der Waals surface area contributed by atoms with Gasteiger partial charge in [-0.25, -0.2) is 0 Å². The van der Waals surface area contributed by atoms with Gasteiger partial charge < -0.3 is 14.8 Å². The van der Waals surface area contributed by atoms with E-state index < -0.39 is 0 Å². The molecular formula is C28H27NO3. The minimum Gasteiger partial charge on any atom is -0.493 e. The highest BCUT2D eigenvalue weighted by Gasteiger charge is 2.12. The Labute approximate surface area is 188 Å². The van der Waals surface area contributed by atoms with Crippen molar-refractivity contribution < 1.29 is 14.3 Å². The number of hydrogen-bond acceptors (Lipinski definition) is 3. The number of benzene rings is 4. The Kier molecular flexibility index (Phi) is 6.71. The van der Waals surface area contributed by atoms with Crippen LogP contribution in [0.4, 0.5) is 0 Å². The van der Waals surface area contributed by atoms with Gasteiger partial charge in [-0.1, -0.05) is 60.2 Å². The van der Waals surface area contributed by atoms with Crippen molar-refractivity contribution in [1.82, 2.24) is 5.32 Å². The van der Waals surface area contributed by atoms with Crippen molar-refractivity contribution in [2.45, 2.75) is 27.0 Å². The van der Waals surface area contributed by atoms with E-state index >= 15 is 0 Å². The lowest BCUT2D eigenvalue weighted by Crippen LogP contribution is -2.23. The molecular weight excluding hydrogens is 398 g/mol. The molecule has 0 atom stereocenters. The molecule has 0 aliphatic heterocycles. The summed E-state index contributed by atoms with van der Waals surface area (Å²) in [6.07, 6.45) is 0. The number of nitrogens with one attached hydrogen (secondary N) is 1. The quantitative estimate of drug-likeness (QED) is 0.373. The molecule has 0 radical (unpaired) electrons. The normalized spacial score (nSPS) is 10.7. The summed E-state index contributed by atoms with van der Waals surface area (Å²) >= 11 is 0. The highest BCUT2D eigenvalue weighted by molar-refractivity contribution is 5.94. The van der Waals surface area contributed by atoms with Crippen LogP contribution in [0.2, 0.25) is 0 Å². The van der Waals surface area contributed by atoms with Crippen LogP contribution in [0.15, 0.2) is 84.9 Å². The van der Waals surface area contributed by atoms with Gasteiger partial charge in [-0.2, -0.15) is 0 Å². The molecule has 0 fully saturated rings. The molecule has 162 valence electrons. The summed E-state index contributed by atoms with van der Waals surface area (Å²) in [4.78, 5) is 12.7. The summed E-state index contributed by atoms with van der Waals surface area (Å²) in [6.45, 7) is 5.32. The zero-order chi connectivity index (χ0) is 22.3. The molecule has 32 heavy (non-hydrogen) atoms. The van der Waals surface area contributed by atoms with Crippen molar-refractivity contribution in [3.8, 4) is 11.5 Å². The van der Waals surface area contributed by atoms with Gasteiger partial charge in [0.05, 0.1) is 6.61 Å². The molecule has 0 spiro atoms. The van der Waals surface area contributed by atoms with Crippen LogP contribution in [0.5, 0.6) is 11.5 Å². The largest absolute Gasteiger partial charge is 0.493 e. The van der Waals surface area contributed by atoms with Crippen LogP contribution in [-0.2, 0) is 13.2 Å². The lowest BCUT2D eigenvalue weighted by Gasteiger charge is -2.14. The number of carbonyl (C=O) groups is 1. The summed E-state index contributed by atoms with van der Waals surface area (Å²) in [5, 5.41) is 5.28. The summed E-state index contributed by atoms with van der Waals surface area (Å²) in [6, 6.07) is 27.8. The smallest absolute Gasteiger partial charge is 0.251 e. The Morgan fingerprint density at radius 1 is 0.844 bits per heavy atom. The molecule has 0 unspecified atom stereocenters. The molecule has 4 aromatic rings. The van der Waals surface area contributed by atoms with Gasteiger partial charge in [0, 0.05) is 17.7 Å². The molecule has 0 heterocycles. The van der Waals surface area contributed by atoms with E-state index in [0.29, 0.717) is 25.3 Å². The number of carbonyl (C=O) groups excluding carboxylic acids is 1. The highest BCUT2D eigenvalue weighted by Crippen LogP contribution is 2.25. The second-order valence-corrected chi connectivity index (χ2v) is 7.72. The maximum atomic E-state index is 12.7. The first kappa shape index (κ1) is 21.4. The van der Waals surface area contributed by atoms with Crippen molar-refractivity contribution in [2.75, 3.05) is 6.61 Å². The lowest BCUT2D eigenvalue weighted by molar-refractivity contribution is 0.0950. The van der Waals surface area contributed by atoms with Crippen molar-refractivity contribution in [2.24, 2.45) is 0 Å². The van der Waals surface area contributed by atoms with Gasteiger partial charge >= 0.3 is 0 Å². The number of rotatable bonds is 8. The molecule has 0 saturated heterocycles. The monoisotopic (exact) mass is 425 g/mol. The number of hydrogen-bond donors (Lipinski definition) is 1. The van der Waals surface area contributed by atoms with E-state index in [2.05, 4.69) is 17.4 Å². The molecule has 1 N–H and O–H groups in total. The highest BCUT2D eigenvalue weighted by atomic mass is 16.5. The van der Waals surface area contributed by atoms with Crippen LogP contribution in [0.1, 0.15) is 34.0 Å². The minimum absolute atomic E-state index is 0.124. The summed E-state index contributed by atoms with van der Waals surface area (Å²) in [7, 11) is 0. The van der Waals surface area contributed by atoms with Crippen molar-refractivity contribution in [3.05, 3.63) is 107 Å². The van der Waals surface area contributed by atoms with E-state index in [9.17, 15) is 4.79 Å². The van der Waals surface area contributed by atoms with E-state index in [4.69, 9.17) is 9.47 Å². The van der Waals surface area contributed by atoms with Crippen molar-refractivity contribution in [1.29, 1.82) is 0 Å². The maximum Gasteiger partial charge on any atom is 0.251 e. The van der Waals surface area contributed by atoms with Gasteiger partial charge in [0.15, 0.2) is 0 Å². The van der Waals surface area contributed by atoms with Crippen LogP contribution in [0.3, 0.4) is 0 Å². The van der Waals surface area contributed by atoms with Crippen molar-refractivity contribution in [3.63, 3.8) is 0 Å². The average Bonchev–Trinajstić information content (AvgIpc) is 2.83. The van der Waals surface area contributed by atoms with Gasteiger partial charge in [-0.05, 0) is 60.5 Å². The molecule has 0 saturated carbocycles. The predicted octanol–water partition coefficient (Wildman–Crippen LogP) is 6.06. The third-order valence-electron chi connectivity index (χ3n) is 5.31. The summed E-state index contributed by atoms with van der Waals surface area (Å²) in [5.74, 6) is 1.38. The fraction of sp³-hybridized carbons (Fsp3) is 0.179. The zero-order valence-corrected chi connectivity index (χ0v) is 18.4. The average molecular weight is 426 g/mol. The molecule has 0 bridgehead atoms. The van der Waals surface area contributed by atoms with E-state index in [-0.39, 0.29) is 5.91 Å². The van der Waals surface area contributed by atoms with Crippen LogP contribution in [0.25, 0.3) is 10.8 Å². The number of fused-ring (bicyclic) bond motifs is 1. The minimum atomic E-state index is -0.124. The van der Waals surface area contributed by atoms with Gasteiger partial charge in [0.2, 0.25) is 0 Å². The third-order valence-corrected chi connectivity index (χ3v) is 5.31. The van der Waals surface area contributed by atoms with Crippen LogP contribution in [0, 0.1) is 6.92 Å².